The molecule has 2 N–H and O–H groups in total. The van der Waals surface area contributed by atoms with E-state index < -0.39 is 43.0 Å². The molecule has 10 heteroatoms. The van der Waals surface area contributed by atoms with E-state index in [2.05, 4.69) is 4.98 Å². The van der Waals surface area contributed by atoms with Crippen molar-refractivity contribution < 1.29 is 27.5 Å². The van der Waals surface area contributed by atoms with Crippen LogP contribution in [0.4, 0.5) is 18.9 Å². The number of rotatable bonds is 6. The molecule has 1 aliphatic carbocycles. The molecule has 0 radical (unpaired) electrons. The molecule has 0 aromatic carbocycles. The molecule has 4 rings (SSSR count). The minimum absolute atomic E-state index is 0.0396. The topological polar surface area (TPSA) is 88.8 Å². The maximum atomic E-state index is 13.7. The highest BCUT2D eigenvalue weighted by atomic mass is 19.3. The van der Waals surface area contributed by atoms with Gasteiger partial charge in [0.05, 0.1) is 26.2 Å². The number of halogens is 3. The normalized spacial score (nSPS) is 26.1. The Morgan fingerprint density at radius 3 is 2.61 bits per heavy atom. The Bertz CT molecular complexity index is 794. The van der Waals surface area contributed by atoms with Crippen LogP contribution in [0.5, 0.6) is 5.88 Å². The zero-order valence-corrected chi connectivity index (χ0v) is 15.1. The van der Waals surface area contributed by atoms with Gasteiger partial charge in [-0.1, -0.05) is 0 Å². The lowest BCUT2D eigenvalue weighted by molar-refractivity contribution is -0.121. The Hall–Kier alpha value is -2.52. The predicted octanol–water partition coefficient (Wildman–Crippen LogP) is 1.36. The van der Waals surface area contributed by atoms with E-state index in [1.807, 2.05) is 0 Å². The van der Waals surface area contributed by atoms with E-state index in [0.717, 1.165) is 17.7 Å². The van der Waals surface area contributed by atoms with Gasteiger partial charge in [0, 0.05) is 6.42 Å². The van der Waals surface area contributed by atoms with Gasteiger partial charge in [-0.2, -0.15) is 0 Å². The standard InChI is InChI=1S/C18H21F3N4O3/c19-11-5-14(15(22)26)25(6-11)17(27)12-3-4-13(24-8-18(20,21)9-24)16(23-12)28-7-10-1-2-10/h3-4,10-11,14H,1-2,5-9H2,(H2,22,26)/t11-,14+/m1/s1. The Morgan fingerprint density at radius 1 is 1.29 bits per heavy atom. The first-order valence-electron chi connectivity index (χ1n) is 9.24. The van der Waals surface area contributed by atoms with Crippen LogP contribution < -0.4 is 15.4 Å². The molecule has 7 nitrogen and oxygen atoms in total. The van der Waals surface area contributed by atoms with Crippen molar-refractivity contribution in [1.82, 2.24) is 9.88 Å². The lowest BCUT2D eigenvalue weighted by atomic mass is 10.1. The summed E-state index contributed by atoms with van der Waals surface area (Å²) in [7, 11) is 0. The number of ether oxygens (including phenoxy) is 1. The molecule has 1 aromatic rings. The number of likely N-dealkylation sites (tertiary alicyclic amines) is 1. The van der Waals surface area contributed by atoms with Crippen LogP contribution in [0.15, 0.2) is 12.1 Å². The molecular weight excluding hydrogens is 377 g/mol. The second kappa shape index (κ2) is 6.82. The molecule has 0 unspecified atom stereocenters. The van der Waals surface area contributed by atoms with E-state index in [-0.39, 0.29) is 24.5 Å². The molecule has 3 fully saturated rings. The lowest BCUT2D eigenvalue weighted by Gasteiger charge is -2.40. The summed E-state index contributed by atoms with van der Waals surface area (Å²) in [5.74, 6) is -3.68. The number of hydrogen-bond donors (Lipinski definition) is 1. The number of carbonyl (C=O) groups is 2. The van der Waals surface area contributed by atoms with Gasteiger partial charge in [-0.25, -0.2) is 18.2 Å². The van der Waals surface area contributed by atoms with Crippen LogP contribution in [0.2, 0.25) is 0 Å². The van der Waals surface area contributed by atoms with Crippen LogP contribution in [0.25, 0.3) is 0 Å². The van der Waals surface area contributed by atoms with E-state index >= 15 is 0 Å². The number of alkyl halides is 3. The molecule has 2 amide bonds. The number of pyridine rings is 1. The number of hydrogen-bond acceptors (Lipinski definition) is 5. The van der Waals surface area contributed by atoms with Crippen molar-refractivity contribution in [1.29, 1.82) is 0 Å². The molecule has 2 atom stereocenters. The summed E-state index contributed by atoms with van der Waals surface area (Å²) in [5.41, 5.74) is 5.63. The van der Waals surface area contributed by atoms with Crippen molar-refractivity contribution in [2.24, 2.45) is 11.7 Å². The van der Waals surface area contributed by atoms with Crippen LogP contribution in [-0.4, -0.2) is 66.1 Å². The van der Waals surface area contributed by atoms with E-state index in [1.165, 1.54) is 17.0 Å². The molecule has 1 aromatic heterocycles. The summed E-state index contributed by atoms with van der Waals surface area (Å²) in [6, 6.07) is 1.84. The second-order valence-electron chi connectivity index (χ2n) is 7.70. The van der Waals surface area contributed by atoms with Crippen LogP contribution >= 0.6 is 0 Å². The van der Waals surface area contributed by atoms with Crippen LogP contribution in [-0.2, 0) is 4.79 Å². The maximum Gasteiger partial charge on any atom is 0.282 e. The average Bonchev–Trinajstić information content (AvgIpc) is 3.36. The van der Waals surface area contributed by atoms with Gasteiger partial charge in [0.15, 0.2) is 0 Å². The van der Waals surface area contributed by atoms with E-state index in [1.54, 1.807) is 0 Å². The summed E-state index contributed by atoms with van der Waals surface area (Å²) in [6.07, 6.45) is 0.575. The van der Waals surface area contributed by atoms with Gasteiger partial charge in [-0.15, -0.1) is 0 Å². The van der Waals surface area contributed by atoms with Crippen molar-refractivity contribution >= 4 is 17.5 Å². The molecule has 0 bridgehead atoms. The van der Waals surface area contributed by atoms with Gasteiger partial charge >= 0.3 is 0 Å². The van der Waals surface area contributed by atoms with Gasteiger partial charge in [0.2, 0.25) is 11.8 Å². The number of carbonyl (C=O) groups excluding carboxylic acids is 2. The van der Waals surface area contributed by atoms with Crippen LogP contribution in [0.3, 0.4) is 0 Å². The Kier molecular flexibility index (Phi) is 4.59. The minimum Gasteiger partial charge on any atom is -0.476 e. The van der Waals surface area contributed by atoms with Gasteiger partial charge in [-0.3, -0.25) is 9.59 Å². The number of nitrogens with two attached hydrogens (primary N) is 1. The summed E-state index contributed by atoms with van der Waals surface area (Å²) in [5, 5.41) is 0. The highest BCUT2D eigenvalue weighted by Gasteiger charge is 2.45. The first kappa shape index (κ1) is 18.8. The second-order valence-corrected chi connectivity index (χ2v) is 7.70. The highest BCUT2D eigenvalue weighted by molar-refractivity contribution is 5.96. The molecule has 152 valence electrons. The summed E-state index contributed by atoms with van der Waals surface area (Å²) < 4.78 is 45.9. The van der Waals surface area contributed by atoms with Gasteiger partial charge < -0.3 is 20.3 Å². The fourth-order valence-electron chi connectivity index (χ4n) is 3.49. The fraction of sp³-hybridized carbons (Fsp3) is 0.611. The van der Waals surface area contributed by atoms with Crippen LogP contribution in [0.1, 0.15) is 29.8 Å². The summed E-state index contributed by atoms with van der Waals surface area (Å²) >= 11 is 0. The predicted molar refractivity (Wildman–Crippen MR) is 93.1 cm³/mol. The van der Waals surface area contributed by atoms with E-state index in [4.69, 9.17) is 10.5 Å². The zero-order chi connectivity index (χ0) is 20.1. The third-order valence-electron chi connectivity index (χ3n) is 5.24. The third-order valence-corrected chi connectivity index (χ3v) is 5.24. The molecule has 1 saturated carbocycles. The number of anilines is 1. The van der Waals surface area contributed by atoms with Crippen molar-refractivity contribution in [3.05, 3.63) is 17.8 Å². The smallest absolute Gasteiger partial charge is 0.282 e. The molecular formula is C18H21F3N4O3. The molecule has 2 saturated heterocycles. The van der Waals surface area contributed by atoms with Crippen molar-refractivity contribution in [2.75, 3.05) is 31.1 Å². The number of primary amides is 1. The van der Waals surface area contributed by atoms with Crippen molar-refractivity contribution in [3.8, 4) is 5.88 Å². The Labute approximate surface area is 159 Å². The Morgan fingerprint density at radius 2 is 2.00 bits per heavy atom. The number of aromatic nitrogens is 1. The molecule has 3 aliphatic rings. The van der Waals surface area contributed by atoms with E-state index in [0.29, 0.717) is 18.2 Å². The largest absolute Gasteiger partial charge is 0.476 e. The number of nitrogens with zero attached hydrogens (tertiary/aromatic N) is 3. The number of amides is 2. The molecule has 0 spiro atoms. The summed E-state index contributed by atoms with van der Waals surface area (Å²) in [4.78, 5) is 31.0. The maximum absolute atomic E-state index is 13.7. The first-order valence-corrected chi connectivity index (χ1v) is 9.24. The third kappa shape index (κ3) is 3.72. The fourth-order valence-corrected chi connectivity index (χ4v) is 3.49. The van der Waals surface area contributed by atoms with Gasteiger partial charge in [0.25, 0.3) is 11.8 Å². The molecule has 3 heterocycles. The Balaban J connectivity index is 1.57. The van der Waals surface area contributed by atoms with Crippen molar-refractivity contribution in [2.45, 2.75) is 37.4 Å². The summed E-state index contributed by atoms with van der Waals surface area (Å²) in [6.45, 7) is -0.739. The zero-order valence-electron chi connectivity index (χ0n) is 15.1. The SMILES string of the molecule is NC(=O)[C@@H]1C[C@@H](F)CN1C(=O)c1ccc(N2CC(F)(F)C2)c(OCC2CC2)n1. The average molecular weight is 398 g/mol. The van der Waals surface area contributed by atoms with Crippen LogP contribution in [0, 0.1) is 5.92 Å². The monoisotopic (exact) mass is 398 g/mol. The van der Waals surface area contributed by atoms with Crippen molar-refractivity contribution in [3.63, 3.8) is 0 Å². The van der Waals surface area contributed by atoms with Gasteiger partial charge in [0.1, 0.15) is 23.6 Å². The minimum atomic E-state index is -2.76. The molecule has 2 aliphatic heterocycles. The van der Waals surface area contributed by atoms with Gasteiger partial charge in [-0.05, 0) is 30.9 Å². The highest BCUT2D eigenvalue weighted by Crippen LogP contribution is 2.38. The lowest BCUT2D eigenvalue weighted by Crippen LogP contribution is -2.56. The quantitative estimate of drug-likeness (QED) is 0.782. The van der Waals surface area contributed by atoms with E-state index in [9.17, 15) is 22.8 Å². The first-order chi connectivity index (χ1) is 13.2. The molecule has 28 heavy (non-hydrogen) atoms.